The Bertz CT molecular complexity index is 7490. The van der Waals surface area contributed by atoms with Crippen LogP contribution in [0.2, 0.25) is 0 Å². The largest absolute Gasteiger partial charge is 0.309 e. The highest BCUT2D eigenvalue weighted by atomic mass is 15.2. The van der Waals surface area contributed by atoms with Gasteiger partial charge in [0.2, 0.25) is 0 Å². The third kappa shape index (κ3) is 14.8. The number of pyridine rings is 9. The fourth-order valence-electron chi connectivity index (χ4n) is 24.7. The van der Waals surface area contributed by atoms with E-state index in [9.17, 15) is 0 Å². The number of rotatable bonds is 15. The summed E-state index contributed by atoms with van der Waals surface area (Å²) in [6, 6.07) is 123. The zero-order valence-electron chi connectivity index (χ0n) is 84.4. The molecule has 0 saturated heterocycles. The number of hydrogen-bond donors (Lipinski definition) is 0. The summed E-state index contributed by atoms with van der Waals surface area (Å²) < 4.78 is 0. The minimum Gasteiger partial charge on any atom is -0.309 e. The number of benzene rings is 12. The molecule has 27 rings (SSSR count). The summed E-state index contributed by atoms with van der Waals surface area (Å²) in [5.74, 6) is 1.58. The van der Waals surface area contributed by atoms with Crippen molar-refractivity contribution in [2.24, 2.45) is 0 Å². The highest BCUT2D eigenvalue weighted by Gasteiger charge is 2.44. The second-order valence-electron chi connectivity index (χ2n) is 42.6. The van der Waals surface area contributed by atoms with E-state index >= 15 is 0 Å². The molecule has 9 aromatic heterocycles. The van der Waals surface area contributed by atoms with Crippen molar-refractivity contribution in [3.05, 3.63) is 506 Å². The Labute approximate surface area is 859 Å². The van der Waals surface area contributed by atoms with Crippen molar-refractivity contribution in [1.29, 1.82) is 0 Å². The standard InChI is InChI=1S/3C45H36N4/c1-44(2)39-15-7-5-13-33(39)35-19-17-29(23-41(35)44)37-27-48-28-38(43(37)49(31-11-9-21-46-25-31)32-12-10-22-47-26-32)30-18-20-36-34-14-6-8-16-40(34)45(3,4)42(36)24-30;1-44(2)37-15-7-5-13-31(37)33-21-19-29(25-39(33)44)35-27-46-28-36(43(35)49(41-17-9-11-23-47-41)42-18-10-12-24-48-42)30-20-22-34-32-14-6-8-16-38(32)45(3,4)40(34)26-30;1-44(2)39-11-7-5-9-33(39)35-15-13-29(25-41(35)44)37-27-48-28-38(43(37)49(31-17-21-46-22-18-31)32-19-23-47-24-20-32)30-14-16-36-34-10-6-8-12-40(34)45(3,4)42(36)26-30/h3*5-28H,1-4H3. The van der Waals surface area contributed by atoms with Gasteiger partial charge in [-0.3, -0.25) is 39.8 Å². The number of anilines is 9. The first kappa shape index (κ1) is 90.7. The second kappa shape index (κ2) is 35.2. The van der Waals surface area contributed by atoms with Crippen LogP contribution in [0.25, 0.3) is 134 Å². The maximum absolute atomic E-state index is 4.96. The predicted octanol–water partition coefficient (Wildman–Crippen LogP) is 33.9. The summed E-state index contributed by atoms with van der Waals surface area (Å²) in [7, 11) is 0. The summed E-state index contributed by atoms with van der Waals surface area (Å²) >= 11 is 0. The zero-order valence-corrected chi connectivity index (χ0v) is 84.4. The molecule has 147 heavy (non-hydrogen) atoms. The molecule has 12 aromatic carbocycles. The van der Waals surface area contributed by atoms with Gasteiger partial charge in [-0.1, -0.05) is 314 Å². The summed E-state index contributed by atoms with van der Waals surface area (Å²) in [6.45, 7) is 28.0. The van der Waals surface area contributed by atoms with Crippen molar-refractivity contribution < 1.29 is 0 Å². The van der Waals surface area contributed by atoms with Gasteiger partial charge in [-0.25, -0.2) is 9.97 Å². The average molecular weight is 1900 g/mol. The third-order valence-electron chi connectivity index (χ3n) is 32.2. The molecule has 0 aliphatic heterocycles. The Balaban J connectivity index is 0.000000115. The molecule has 0 atom stereocenters. The third-order valence-corrected chi connectivity index (χ3v) is 32.2. The van der Waals surface area contributed by atoms with Gasteiger partial charge in [-0.15, -0.1) is 0 Å². The Morgan fingerprint density at radius 3 is 0.592 bits per heavy atom. The molecule has 9 heterocycles. The van der Waals surface area contributed by atoms with Crippen LogP contribution in [0.15, 0.2) is 439 Å². The van der Waals surface area contributed by atoms with E-state index in [1.807, 2.05) is 148 Å². The van der Waals surface area contributed by atoms with Gasteiger partial charge in [-0.2, -0.15) is 0 Å². The fraction of sp³-hybridized carbons (Fsp3) is 0.133. The fourth-order valence-corrected chi connectivity index (χ4v) is 24.7. The van der Waals surface area contributed by atoms with E-state index in [2.05, 4.69) is 409 Å². The van der Waals surface area contributed by atoms with Gasteiger partial charge < -0.3 is 9.80 Å². The molecular weight excluding hydrogens is 1790 g/mol. The maximum atomic E-state index is 4.96. The lowest BCUT2D eigenvalue weighted by Gasteiger charge is -2.30. The van der Waals surface area contributed by atoms with Crippen LogP contribution >= 0.6 is 0 Å². The molecule has 0 unspecified atom stereocenters. The molecular formula is C135H108N12. The molecule has 0 N–H and O–H groups in total. The van der Waals surface area contributed by atoms with Crippen LogP contribution < -0.4 is 14.7 Å². The highest BCUT2D eigenvalue weighted by molar-refractivity contribution is 6.03. The van der Waals surface area contributed by atoms with E-state index in [0.717, 1.165) is 118 Å². The normalized spacial score (nSPS) is 14.4. The Hall–Kier alpha value is -17.6. The smallest absolute Gasteiger partial charge is 0.138 e. The lowest BCUT2D eigenvalue weighted by Crippen LogP contribution is -2.17. The molecule has 0 fully saturated rings. The predicted molar refractivity (Wildman–Crippen MR) is 602 cm³/mol. The number of nitrogens with zero attached hydrogens (tertiary/aromatic N) is 12. The molecule has 0 bridgehead atoms. The van der Waals surface area contributed by atoms with Crippen molar-refractivity contribution in [3.8, 4) is 134 Å². The summed E-state index contributed by atoms with van der Waals surface area (Å²) in [5.41, 5.74) is 51.1. The average Bonchev–Trinajstić information content (AvgIpc) is 1.61. The van der Waals surface area contributed by atoms with Crippen molar-refractivity contribution in [1.82, 2.24) is 44.9 Å². The molecule has 6 aliphatic carbocycles. The van der Waals surface area contributed by atoms with E-state index < -0.39 is 0 Å². The van der Waals surface area contributed by atoms with Gasteiger partial charge in [0.15, 0.2) is 0 Å². The molecule has 0 saturated carbocycles. The van der Waals surface area contributed by atoms with Gasteiger partial charge in [0.1, 0.15) is 11.6 Å². The molecule has 12 nitrogen and oxygen atoms in total. The number of aromatic nitrogens is 9. The SMILES string of the molecule is CC1(C)c2ccccc2-c2ccc(-c3cncc(-c4ccc5c(c4)C(C)(C)c4ccccc4-5)c3N(c3ccccn3)c3ccccn3)cc21.CC1(C)c2ccccc2-c2ccc(-c3cncc(-c4ccc5c(c4)C(C)(C)c4ccccc4-5)c3N(c3cccnc3)c3cccnc3)cc21.CC1(C)c2ccccc2-c2ccc(-c3cncc(-c4ccc5c(c4)C(C)(C)c4ccccc4-5)c3N(c3ccncc3)c3ccncc3)cc21. The van der Waals surface area contributed by atoms with Crippen molar-refractivity contribution in [2.75, 3.05) is 14.7 Å². The minimum atomic E-state index is -0.130. The minimum absolute atomic E-state index is 0.121. The van der Waals surface area contributed by atoms with Crippen LogP contribution in [0.1, 0.15) is 150 Å². The quantitative estimate of drug-likeness (QED) is 0.0970. The molecule has 6 aliphatic rings. The van der Waals surface area contributed by atoms with Crippen LogP contribution in [-0.2, 0) is 32.5 Å². The van der Waals surface area contributed by atoms with Gasteiger partial charge in [0, 0.05) is 164 Å². The van der Waals surface area contributed by atoms with Crippen LogP contribution in [0.5, 0.6) is 0 Å². The highest BCUT2D eigenvalue weighted by Crippen LogP contribution is 2.61. The first-order valence-corrected chi connectivity index (χ1v) is 50.8. The number of fused-ring (bicyclic) bond motifs is 18. The van der Waals surface area contributed by atoms with E-state index in [-0.39, 0.29) is 32.5 Å². The van der Waals surface area contributed by atoms with Gasteiger partial charge in [0.05, 0.1) is 40.8 Å². The molecule has 0 amide bonds. The summed E-state index contributed by atoms with van der Waals surface area (Å²) in [4.78, 5) is 49.3. The van der Waals surface area contributed by atoms with Gasteiger partial charge >= 0.3 is 0 Å². The topological polar surface area (TPSA) is 126 Å². The molecule has 12 heteroatoms. The second-order valence-corrected chi connectivity index (χ2v) is 42.6. The van der Waals surface area contributed by atoms with Crippen LogP contribution in [0, 0.1) is 0 Å². The van der Waals surface area contributed by atoms with E-state index in [0.29, 0.717) is 0 Å². The summed E-state index contributed by atoms with van der Waals surface area (Å²) in [6.07, 6.45) is 30.7. The maximum Gasteiger partial charge on any atom is 0.138 e. The molecule has 21 aromatic rings. The lowest BCUT2D eigenvalue weighted by atomic mass is 9.81. The van der Waals surface area contributed by atoms with Gasteiger partial charge in [-0.05, 0) is 276 Å². The first-order valence-electron chi connectivity index (χ1n) is 50.8. The van der Waals surface area contributed by atoms with Crippen molar-refractivity contribution in [3.63, 3.8) is 0 Å². The zero-order chi connectivity index (χ0) is 100.0. The van der Waals surface area contributed by atoms with E-state index in [1.54, 1.807) is 0 Å². The van der Waals surface area contributed by atoms with Crippen molar-refractivity contribution in [2.45, 2.75) is 116 Å². The Morgan fingerprint density at radius 1 is 0.150 bits per heavy atom. The van der Waals surface area contributed by atoms with Crippen LogP contribution in [-0.4, -0.2) is 44.9 Å². The molecule has 708 valence electrons. The van der Waals surface area contributed by atoms with Gasteiger partial charge in [0.25, 0.3) is 0 Å². The van der Waals surface area contributed by atoms with E-state index in [1.165, 1.54) is 134 Å². The molecule has 0 spiro atoms. The van der Waals surface area contributed by atoms with E-state index in [4.69, 9.17) is 24.9 Å². The van der Waals surface area contributed by atoms with Crippen molar-refractivity contribution >= 4 is 51.4 Å². The first-order chi connectivity index (χ1) is 71.5. The molecule has 0 radical (unpaired) electrons. The summed E-state index contributed by atoms with van der Waals surface area (Å²) in [5, 5.41) is 0. The Kier molecular flexibility index (Phi) is 21.7. The lowest BCUT2D eigenvalue weighted by molar-refractivity contribution is 0.660. The Morgan fingerprint density at radius 2 is 0.367 bits per heavy atom. The van der Waals surface area contributed by atoms with Crippen LogP contribution in [0.4, 0.5) is 51.4 Å². The van der Waals surface area contributed by atoms with Crippen LogP contribution in [0.3, 0.4) is 0 Å². The number of hydrogen-bond acceptors (Lipinski definition) is 12. The monoisotopic (exact) mass is 1900 g/mol.